The van der Waals surface area contributed by atoms with Crippen molar-refractivity contribution in [3.8, 4) is 11.5 Å². The van der Waals surface area contributed by atoms with Crippen LogP contribution in [0.2, 0.25) is 5.02 Å². The molecule has 0 bridgehead atoms. The molecular formula is C28H24ClNO5. The van der Waals surface area contributed by atoms with E-state index in [9.17, 15) is 9.59 Å². The van der Waals surface area contributed by atoms with E-state index in [0.717, 1.165) is 16.7 Å². The molecule has 1 aromatic heterocycles. The van der Waals surface area contributed by atoms with Gasteiger partial charge in [-0.25, -0.2) is 0 Å². The molecule has 3 aromatic carbocycles. The van der Waals surface area contributed by atoms with Gasteiger partial charge in [0, 0.05) is 11.6 Å². The highest BCUT2D eigenvalue weighted by atomic mass is 35.5. The minimum absolute atomic E-state index is 0.0858. The van der Waals surface area contributed by atoms with Gasteiger partial charge >= 0.3 is 0 Å². The number of aryl methyl sites for hydroxylation is 1. The minimum atomic E-state index is -0.558. The van der Waals surface area contributed by atoms with Gasteiger partial charge < -0.3 is 18.8 Å². The lowest BCUT2D eigenvalue weighted by molar-refractivity contribution is 0.0730. The van der Waals surface area contributed by atoms with Crippen LogP contribution in [-0.2, 0) is 6.42 Å². The molecule has 5 rings (SSSR count). The van der Waals surface area contributed by atoms with E-state index in [1.807, 2.05) is 49.4 Å². The number of ether oxygens (including phenoxy) is 2. The fourth-order valence-corrected chi connectivity index (χ4v) is 4.78. The molecule has 35 heavy (non-hydrogen) atoms. The monoisotopic (exact) mass is 489 g/mol. The first-order valence-corrected chi connectivity index (χ1v) is 11.6. The second-order valence-corrected chi connectivity index (χ2v) is 9.00. The lowest BCUT2D eigenvalue weighted by Crippen LogP contribution is -2.31. The number of halogens is 1. The van der Waals surface area contributed by atoms with Crippen LogP contribution in [0.5, 0.6) is 11.5 Å². The molecule has 0 N–H and O–H groups in total. The van der Waals surface area contributed by atoms with Crippen LogP contribution in [0.1, 0.15) is 38.9 Å². The van der Waals surface area contributed by atoms with Gasteiger partial charge in [0.15, 0.2) is 16.9 Å². The number of hydrogen-bond donors (Lipinski definition) is 0. The summed E-state index contributed by atoms with van der Waals surface area (Å²) in [7, 11) is 3.18. The molecule has 0 spiro atoms. The van der Waals surface area contributed by atoms with E-state index >= 15 is 0 Å². The van der Waals surface area contributed by atoms with Crippen LogP contribution in [0.4, 0.5) is 0 Å². The molecule has 1 atom stereocenters. The number of methoxy groups -OCH3 is 2. The highest BCUT2D eigenvalue weighted by molar-refractivity contribution is 6.31. The van der Waals surface area contributed by atoms with E-state index in [2.05, 4.69) is 0 Å². The molecule has 0 unspecified atom stereocenters. The number of carbonyl (C=O) groups is 1. The second kappa shape index (κ2) is 9.12. The standard InChI is InChI=1S/C28H24ClNO5/c1-16-4-7-18(8-5-16)25-24-26(31)20-15-19(29)9-11-21(20)35-27(24)28(32)30(25)13-12-17-6-10-22(33-2)23(14-17)34-3/h4-11,14-15,25H,12-13H2,1-3H3/t25-/m1/s1. The van der Waals surface area contributed by atoms with Crippen molar-refractivity contribution >= 4 is 28.5 Å². The number of carbonyl (C=O) groups excluding carboxylic acids is 1. The molecule has 0 aliphatic carbocycles. The Bertz CT molecular complexity index is 1490. The summed E-state index contributed by atoms with van der Waals surface area (Å²) in [6.07, 6.45) is 0.558. The summed E-state index contributed by atoms with van der Waals surface area (Å²) in [6, 6.07) is 17.8. The normalized spacial score (nSPS) is 14.9. The summed E-state index contributed by atoms with van der Waals surface area (Å²) in [5.41, 5.74) is 3.37. The summed E-state index contributed by atoms with van der Waals surface area (Å²) in [5.74, 6) is 1.04. The van der Waals surface area contributed by atoms with Crippen molar-refractivity contribution in [1.29, 1.82) is 0 Å². The average Bonchev–Trinajstić information content (AvgIpc) is 3.15. The molecular weight excluding hydrogens is 466 g/mol. The van der Waals surface area contributed by atoms with Gasteiger partial charge in [0.05, 0.1) is 31.2 Å². The van der Waals surface area contributed by atoms with Crippen molar-refractivity contribution in [1.82, 2.24) is 4.90 Å². The molecule has 1 aliphatic heterocycles. The van der Waals surface area contributed by atoms with Crippen LogP contribution >= 0.6 is 11.6 Å². The Morgan fingerprint density at radius 2 is 1.69 bits per heavy atom. The maximum Gasteiger partial charge on any atom is 0.290 e. The van der Waals surface area contributed by atoms with Crippen LogP contribution in [0.25, 0.3) is 11.0 Å². The summed E-state index contributed by atoms with van der Waals surface area (Å²) in [5, 5.41) is 0.800. The second-order valence-electron chi connectivity index (χ2n) is 8.57. The summed E-state index contributed by atoms with van der Waals surface area (Å²) in [4.78, 5) is 28.9. The SMILES string of the molecule is COc1ccc(CCN2C(=O)c3oc4ccc(Cl)cc4c(=O)c3[C@H]2c2ccc(C)cc2)cc1OC. The van der Waals surface area contributed by atoms with Crippen molar-refractivity contribution in [2.45, 2.75) is 19.4 Å². The molecule has 2 heterocycles. The predicted molar refractivity (Wildman–Crippen MR) is 135 cm³/mol. The van der Waals surface area contributed by atoms with Crippen LogP contribution in [0.15, 0.2) is 69.9 Å². The highest BCUT2D eigenvalue weighted by Crippen LogP contribution is 2.39. The number of amides is 1. The smallest absolute Gasteiger partial charge is 0.290 e. The fourth-order valence-electron chi connectivity index (χ4n) is 4.60. The lowest BCUT2D eigenvalue weighted by atomic mass is 9.97. The average molecular weight is 490 g/mol. The van der Waals surface area contributed by atoms with Gasteiger partial charge in [-0.15, -0.1) is 0 Å². The third-order valence-corrected chi connectivity index (χ3v) is 6.65. The molecule has 178 valence electrons. The quantitative estimate of drug-likeness (QED) is 0.354. The third kappa shape index (κ3) is 4.04. The third-order valence-electron chi connectivity index (χ3n) is 6.41. The van der Waals surface area contributed by atoms with E-state index in [1.165, 1.54) is 0 Å². The summed E-state index contributed by atoms with van der Waals surface area (Å²) in [6.45, 7) is 2.38. The van der Waals surface area contributed by atoms with E-state index in [0.29, 0.717) is 46.0 Å². The Kier molecular flexibility index (Phi) is 5.99. The first-order chi connectivity index (χ1) is 16.9. The lowest BCUT2D eigenvalue weighted by Gasteiger charge is -2.25. The van der Waals surface area contributed by atoms with E-state index < -0.39 is 6.04 Å². The summed E-state index contributed by atoms with van der Waals surface area (Å²) < 4.78 is 16.7. The predicted octanol–water partition coefficient (Wildman–Crippen LogP) is 5.56. The first kappa shape index (κ1) is 23.0. The number of fused-ring (bicyclic) bond motifs is 2. The Morgan fingerprint density at radius 3 is 2.40 bits per heavy atom. The van der Waals surface area contributed by atoms with Gasteiger partial charge in [-0.3, -0.25) is 9.59 Å². The van der Waals surface area contributed by atoms with Gasteiger partial charge in [-0.05, 0) is 54.8 Å². The Labute approximate surface area is 207 Å². The topological polar surface area (TPSA) is 69.0 Å². The van der Waals surface area contributed by atoms with Crippen LogP contribution in [0, 0.1) is 6.92 Å². The van der Waals surface area contributed by atoms with Gasteiger partial charge in [-0.2, -0.15) is 0 Å². The molecule has 1 aliphatic rings. The summed E-state index contributed by atoms with van der Waals surface area (Å²) >= 11 is 6.16. The van der Waals surface area contributed by atoms with E-state index in [-0.39, 0.29) is 17.1 Å². The Morgan fingerprint density at radius 1 is 0.943 bits per heavy atom. The molecule has 1 amide bonds. The van der Waals surface area contributed by atoms with Gasteiger partial charge in [0.25, 0.3) is 5.91 Å². The van der Waals surface area contributed by atoms with Crippen molar-refractivity contribution in [3.63, 3.8) is 0 Å². The maximum absolute atomic E-state index is 13.6. The van der Waals surface area contributed by atoms with Crippen molar-refractivity contribution in [3.05, 3.63) is 104 Å². The van der Waals surface area contributed by atoms with Gasteiger partial charge in [-0.1, -0.05) is 47.5 Å². The zero-order chi connectivity index (χ0) is 24.7. The van der Waals surface area contributed by atoms with Crippen molar-refractivity contribution in [2.75, 3.05) is 20.8 Å². The zero-order valence-corrected chi connectivity index (χ0v) is 20.4. The first-order valence-electron chi connectivity index (χ1n) is 11.3. The Hall–Kier alpha value is -3.77. The molecule has 0 saturated heterocycles. The number of benzene rings is 3. The minimum Gasteiger partial charge on any atom is -0.493 e. The van der Waals surface area contributed by atoms with Gasteiger partial charge in [0.1, 0.15) is 5.58 Å². The largest absolute Gasteiger partial charge is 0.493 e. The van der Waals surface area contributed by atoms with Crippen LogP contribution in [0.3, 0.4) is 0 Å². The highest BCUT2D eigenvalue weighted by Gasteiger charge is 2.42. The van der Waals surface area contributed by atoms with Crippen LogP contribution in [-0.4, -0.2) is 31.6 Å². The molecule has 0 radical (unpaired) electrons. The fraction of sp³-hybridized carbons (Fsp3) is 0.214. The molecule has 0 saturated carbocycles. The molecule has 4 aromatic rings. The van der Waals surface area contributed by atoms with Crippen molar-refractivity contribution < 1.29 is 18.7 Å². The molecule has 6 nitrogen and oxygen atoms in total. The van der Waals surface area contributed by atoms with E-state index in [1.54, 1.807) is 37.3 Å². The Balaban J connectivity index is 1.58. The zero-order valence-electron chi connectivity index (χ0n) is 19.6. The number of rotatable bonds is 6. The van der Waals surface area contributed by atoms with Gasteiger partial charge in [0.2, 0.25) is 5.76 Å². The molecule has 0 fully saturated rings. The number of hydrogen-bond acceptors (Lipinski definition) is 5. The number of nitrogens with zero attached hydrogens (tertiary/aromatic N) is 1. The van der Waals surface area contributed by atoms with E-state index in [4.69, 9.17) is 25.5 Å². The molecule has 7 heteroatoms. The van der Waals surface area contributed by atoms with Crippen LogP contribution < -0.4 is 14.9 Å². The van der Waals surface area contributed by atoms with Crippen molar-refractivity contribution in [2.24, 2.45) is 0 Å². The maximum atomic E-state index is 13.6.